The highest BCUT2D eigenvalue weighted by Gasteiger charge is 2.18. The summed E-state index contributed by atoms with van der Waals surface area (Å²) >= 11 is 6.29. The predicted molar refractivity (Wildman–Crippen MR) is 81.9 cm³/mol. The van der Waals surface area contributed by atoms with Gasteiger partial charge in [0.1, 0.15) is 0 Å². The standard InChI is InChI=1S/C15H13ClN4O/c1-8-5-3-4-6-11(8)20-15-12(9(2)19-20)13(16)10(7-18-15)14(17)21/h3-7H,1-2H3,(H2,17,21). The van der Waals surface area contributed by atoms with E-state index >= 15 is 0 Å². The molecule has 21 heavy (non-hydrogen) atoms. The third kappa shape index (κ3) is 2.06. The fraction of sp³-hybridized carbons (Fsp3) is 0.133. The number of primary amides is 1. The molecule has 1 aromatic carbocycles. The van der Waals surface area contributed by atoms with E-state index in [0.717, 1.165) is 11.3 Å². The third-order valence-electron chi connectivity index (χ3n) is 3.42. The Morgan fingerprint density at radius 1 is 1.29 bits per heavy atom. The number of carbonyl (C=O) groups excluding carboxylic acids is 1. The van der Waals surface area contributed by atoms with Crippen LogP contribution in [0.2, 0.25) is 5.02 Å². The molecular formula is C15H13ClN4O. The van der Waals surface area contributed by atoms with Gasteiger partial charge >= 0.3 is 0 Å². The second-order valence-electron chi connectivity index (χ2n) is 4.83. The lowest BCUT2D eigenvalue weighted by Gasteiger charge is -2.07. The van der Waals surface area contributed by atoms with Crippen LogP contribution < -0.4 is 5.73 Å². The highest BCUT2D eigenvalue weighted by atomic mass is 35.5. The summed E-state index contributed by atoms with van der Waals surface area (Å²) in [5, 5.41) is 5.45. The van der Waals surface area contributed by atoms with Gasteiger partial charge in [-0.05, 0) is 25.5 Å². The number of benzene rings is 1. The summed E-state index contributed by atoms with van der Waals surface area (Å²) in [4.78, 5) is 15.7. The fourth-order valence-corrected chi connectivity index (χ4v) is 2.71. The molecule has 2 N–H and O–H groups in total. The van der Waals surface area contributed by atoms with Crippen molar-refractivity contribution in [1.29, 1.82) is 0 Å². The molecule has 0 spiro atoms. The van der Waals surface area contributed by atoms with Crippen LogP contribution in [0.15, 0.2) is 30.5 Å². The van der Waals surface area contributed by atoms with Crippen LogP contribution in [0.3, 0.4) is 0 Å². The molecule has 0 saturated heterocycles. The van der Waals surface area contributed by atoms with Crippen LogP contribution in [0.4, 0.5) is 0 Å². The van der Waals surface area contributed by atoms with Crippen molar-refractivity contribution < 1.29 is 4.79 Å². The molecular weight excluding hydrogens is 288 g/mol. The van der Waals surface area contributed by atoms with Crippen molar-refractivity contribution in [3.8, 4) is 5.69 Å². The molecule has 3 rings (SSSR count). The van der Waals surface area contributed by atoms with Crippen molar-refractivity contribution in [3.05, 3.63) is 52.3 Å². The van der Waals surface area contributed by atoms with Gasteiger partial charge in [-0.25, -0.2) is 9.67 Å². The van der Waals surface area contributed by atoms with E-state index in [1.54, 1.807) is 4.68 Å². The molecule has 6 heteroatoms. The Hall–Kier alpha value is -2.40. The van der Waals surface area contributed by atoms with Crippen LogP contribution in [-0.4, -0.2) is 20.7 Å². The molecule has 5 nitrogen and oxygen atoms in total. The van der Waals surface area contributed by atoms with E-state index < -0.39 is 5.91 Å². The summed E-state index contributed by atoms with van der Waals surface area (Å²) < 4.78 is 1.73. The van der Waals surface area contributed by atoms with E-state index in [4.69, 9.17) is 17.3 Å². The number of nitrogens with two attached hydrogens (primary N) is 1. The molecule has 0 atom stereocenters. The van der Waals surface area contributed by atoms with Crippen LogP contribution in [-0.2, 0) is 0 Å². The molecule has 0 radical (unpaired) electrons. The maximum atomic E-state index is 11.4. The van der Waals surface area contributed by atoms with E-state index in [0.29, 0.717) is 21.7 Å². The maximum Gasteiger partial charge on any atom is 0.251 e. The zero-order chi connectivity index (χ0) is 15.1. The zero-order valence-corrected chi connectivity index (χ0v) is 12.3. The average Bonchev–Trinajstić information content (AvgIpc) is 2.77. The summed E-state index contributed by atoms with van der Waals surface area (Å²) in [6.07, 6.45) is 1.39. The lowest BCUT2D eigenvalue weighted by atomic mass is 10.2. The number of aryl methyl sites for hydroxylation is 2. The van der Waals surface area contributed by atoms with Gasteiger partial charge < -0.3 is 5.73 Å². The maximum absolute atomic E-state index is 11.4. The highest BCUT2D eigenvalue weighted by molar-refractivity contribution is 6.38. The monoisotopic (exact) mass is 300 g/mol. The van der Waals surface area contributed by atoms with Gasteiger partial charge in [0.15, 0.2) is 5.65 Å². The minimum absolute atomic E-state index is 0.205. The molecule has 0 bridgehead atoms. The molecule has 2 heterocycles. The van der Waals surface area contributed by atoms with Gasteiger partial charge in [0, 0.05) is 6.20 Å². The molecule has 0 aliphatic carbocycles. The second kappa shape index (κ2) is 4.86. The van der Waals surface area contributed by atoms with Crippen molar-refractivity contribution in [2.75, 3.05) is 0 Å². The first-order valence-electron chi connectivity index (χ1n) is 6.40. The topological polar surface area (TPSA) is 73.8 Å². The summed E-state index contributed by atoms with van der Waals surface area (Å²) in [6.45, 7) is 3.83. The Kier molecular flexibility index (Phi) is 3.14. The Morgan fingerprint density at radius 3 is 2.67 bits per heavy atom. The Balaban J connectivity index is 2.36. The highest BCUT2D eigenvalue weighted by Crippen LogP contribution is 2.30. The molecule has 0 fully saturated rings. The van der Waals surface area contributed by atoms with Crippen molar-refractivity contribution in [3.63, 3.8) is 0 Å². The van der Waals surface area contributed by atoms with Gasteiger partial charge in [-0.15, -0.1) is 0 Å². The summed E-state index contributed by atoms with van der Waals surface area (Å²) in [5.74, 6) is -0.600. The van der Waals surface area contributed by atoms with Crippen LogP contribution in [0.25, 0.3) is 16.7 Å². The third-order valence-corrected chi connectivity index (χ3v) is 3.81. The Morgan fingerprint density at radius 2 is 2.00 bits per heavy atom. The van der Waals surface area contributed by atoms with Crippen LogP contribution >= 0.6 is 11.6 Å². The first kappa shape index (κ1) is 13.6. The number of carbonyl (C=O) groups is 1. The summed E-state index contributed by atoms with van der Waals surface area (Å²) in [7, 11) is 0. The summed E-state index contributed by atoms with van der Waals surface area (Å²) in [5.41, 5.74) is 8.81. The number of fused-ring (bicyclic) bond motifs is 1. The van der Waals surface area contributed by atoms with Gasteiger partial charge in [-0.1, -0.05) is 29.8 Å². The van der Waals surface area contributed by atoms with Crippen molar-refractivity contribution in [2.24, 2.45) is 5.73 Å². The van der Waals surface area contributed by atoms with Gasteiger partial charge in [0.05, 0.1) is 27.4 Å². The molecule has 3 aromatic rings. The van der Waals surface area contributed by atoms with Crippen LogP contribution in [0.5, 0.6) is 0 Å². The predicted octanol–water partition coefficient (Wildman–Crippen LogP) is 2.79. The lowest BCUT2D eigenvalue weighted by molar-refractivity contribution is 0.100. The second-order valence-corrected chi connectivity index (χ2v) is 5.21. The Labute approximate surface area is 126 Å². The van der Waals surface area contributed by atoms with Crippen LogP contribution in [0.1, 0.15) is 21.6 Å². The van der Waals surface area contributed by atoms with Crippen LogP contribution in [0, 0.1) is 13.8 Å². The molecule has 0 saturated carbocycles. The number of rotatable bonds is 2. The number of halogens is 1. The average molecular weight is 301 g/mol. The van der Waals surface area contributed by atoms with E-state index in [1.165, 1.54) is 6.20 Å². The number of amides is 1. The number of hydrogen-bond acceptors (Lipinski definition) is 3. The molecule has 0 aliphatic rings. The van der Waals surface area contributed by atoms with E-state index in [2.05, 4.69) is 10.1 Å². The first-order valence-corrected chi connectivity index (χ1v) is 6.78. The van der Waals surface area contributed by atoms with Crippen molar-refractivity contribution in [2.45, 2.75) is 13.8 Å². The molecule has 1 amide bonds. The minimum Gasteiger partial charge on any atom is -0.366 e. The molecule has 0 unspecified atom stereocenters. The van der Waals surface area contributed by atoms with E-state index in [-0.39, 0.29) is 5.56 Å². The fourth-order valence-electron chi connectivity index (χ4n) is 2.35. The van der Waals surface area contributed by atoms with Crippen molar-refractivity contribution >= 4 is 28.5 Å². The van der Waals surface area contributed by atoms with Gasteiger partial charge in [0.2, 0.25) is 0 Å². The van der Waals surface area contributed by atoms with Gasteiger partial charge in [0.25, 0.3) is 5.91 Å². The Bertz CT molecular complexity index is 869. The summed E-state index contributed by atoms with van der Waals surface area (Å²) in [6, 6.07) is 7.85. The molecule has 106 valence electrons. The van der Waals surface area contributed by atoms with Gasteiger partial charge in [-0.2, -0.15) is 5.10 Å². The van der Waals surface area contributed by atoms with Crippen molar-refractivity contribution in [1.82, 2.24) is 14.8 Å². The van der Waals surface area contributed by atoms with E-state index in [1.807, 2.05) is 38.1 Å². The number of pyridine rings is 1. The lowest BCUT2D eigenvalue weighted by Crippen LogP contribution is -2.12. The molecule has 2 aromatic heterocycles. The number of hydrogen-bond donors (Lipinski definition) is 1. The number of para-hydroxylation sites is 1. The quantitative estimate of drug-likeness (QED) is 0.791. The number of nitrogens with zero attached hydrogens (tertiary/aromatic N) is 3. The normalized spacial score (nSPS) is 11.0. The minimum atomic E-state index is -0.600. The van der Waals surface area contributed by atoms with E-state index in [9.17, 15) is 4.79 Å². The molecule has 0 aliphatic heterocycles. The largest absolute Gasteiger partial charge is 0.366 e. The number of aromatic nitrogens is 3. The smallest absolute Gasteiger partial charge is 0.251 e. The first-order chi connectivity index (χ1) is 10.0. The van der Waals surface area contributed by atoms with Gasteiger partial charge in [-0.3, -0.25) is 4.79 Å². The SMILES string of the molecule is Cc1ccccc1-n1nc(C)c2c(Cl)c(C(N)=O)cnc21. The zero-order valence-electron chi connectivity index (χ0n) is 11.6.